The van der Waals surface area contributed by atoms with Crippen LogP contribution in [0.1, 0.15) is 18.7 Å². The molecule has 0 radical (unpaired) electrons. The number of likely N-dealkylation sites (N-methyl/N-ethyl adjacent to an activating group) is 2. The second kappa shape index (κ2) is 5.92. The fourth-order valence-electron chi connectivity index (χ4n) is 2.90. The molecule has 118 valence electrons. The van der Waals surface area contributed by atoms with Crippen LogP contribution in [0.4, 0.5) is 10.5 Å². The highest BCUT2D eigenvalue weighted by Gasteiger charge is 2.23. The van der Waals surface area contributed by atoms with Gasteiger partial charge in [-0.2, -0.15) is 5.10 Å². The Hall–Kier alpha value is -2.15. The van der Waals surface area contributed by atoms with Gasteiger partial charge >= 0.3 is 6.03 Å². The van der Waals surface area contributed by atoms with Crippen LogP contribution in [0.3, 0.4) is 0 Å². The minimum absolute atomic E-state index is 0.100. The largest absolute Gasteiger partial charge is 0.326 e. The Morgan fingerprint density at radius 2 is 2.32 bits per heavy atom. The molecular weight excluding hydrogens is 280 g/mol. The van der Waals surface area contributed by atoms with E-state index in [4.69, 9.17) is 0 Å². The summed E-state index contributed by atoms with van der Waals surface area (Å²) in [7, 11) is 3.95. The highest BCUT2D eigenvalue weighted by atomic mass is 16.2. The molecule has 0 saturated carbocycles. The molecule has 1 unspecified atom stereocenters. The molecule has 7 heteroatoms. The average molecular weight is 302 g/mol. The fraction of sp³-hybridized carbons (Fsp3) is 0.533. The maximum atomic E-state index is 12.3. The van der Waals surface area contributed by atoms with E-state index in [-0.39, 0.29) is 6.03 Å². The first-order valence-electron chi connectivity index (χ1n) is 7.58. The summed E-state index contributed by atoms with van der Waals surface area (Å²) in [6, 6.07) is 4.05. The lowest BCUT2D eigenvalue weighted by atomic mass is 10.2. The van der Waals surface area contributed by atoms with E-state index >= 15 is 0 Å². The molecule has 1 saturated heterocycles. The van der Waals surface area contributed by atoms with E-state index in [1.54, 1.807) is 15.6 Å². The van der Waals surface area contributed by atoms with Crippen LogP contribution in [-0.4, -0.2) is 63.7 Å². The molecule has 7 nitrogen and oxygen atoms in total. The van der Waals surface area contributed by atoms with Crippen molar-refractivity contribution >= 4 is 17.4 Å². The van der Waals surface area contributed by atoms with Gasteiger partial charge in [0.2, 0.25) is 0 Å². The van der Waals surface area contributed by atoms with E-state index in [0.717, 1.165) is 25.2 Å². The van der Waals surface area contributed by atoms with E-state index in [0.29, 0.717) is 17.6 Å². The monoisotopic (exact) mass is 302 g/mol. The first-order valence-corrected chi connectivity index (χ1v) is 7.58. The van der Waals surface area contributed by atoms with Gasteiger partial charge in [-0.1, -0.05) is 0 Å². The van der Waals surface area contributed by atoms with Crippen LogP contribution in [0.2, 0.25) is 0 Å². The second-order valence-electron chi connectivity index (χ2n) is 5.97. The Morgan fingerprint density at radius 3 is 3.05 bits per heavy atom. The predicted octanol–water partition coefficient (Wildman–Crippen LogP) is 1.60. The summed E-state index contributed by atoms with van der Waals surface area (Å²) in [5.41, 5.74) is 1.49. The van der Waals surface area contributed by atoms with Crippen LogP contribution in [-0.2, 0) is 0 Å². The van der Waals surface area contributed by atoms with Crippen molar-refractivity contribution in [2.24, 2.45) is 0 Å². The molecule has 2 aromatic rings. The maximum absolute atomic E-state index is 12.3. The summed E-state index contributed by atoms with van der Waals surface area (Å²) in [5, 5.41) is 7.16. The van der Waals surface area contributed by atoms with Crippen molar-refractivity contribution in [3.8, 4) is 0 Å². The van der Waals surface area contributed by atoms with E-state index in [1.807, 2.05) is 26.1 Å². The third-order valence-corrected chi connectivity index (χ3v) is 4.19. The Morgan fingerprint density at radius 1 is 1.50 bits per heavy atom. The van der Waals surface area contributed by atoms with Crippen LogP contribution in [0.5, 0.6) is 0 Å². The lowest BCUT2D eigenvalue weighted by molar-refractivity contribution is 0.201. The highest BCUT2D eigenvalue weighted by Crippen LogP contribution is 2.16. The molecule has 22 heavy (non-hydrogen) atoms. The van der Waals surface area contributed by atoms with Crippen molar-refractivity contribution in [3.63, 3.8) is 0 Å². The standard InChI is InChI=1S/C15H22N6O/c1-11-16-14-7-6-12(9-21(14)18-11)17-15(22)20(3)10-13-5-4-8-19(13)2/h6-7,9,13H,4-5,8,10H2,1-3H3,(H,17,22). The SMILES string of the molecule is Cc1nc2ccc(NC(=O)N(C)CC3CCCN3C)cn2n1. The van der Waals surface area contributed by atoms with Crippen LogP contribution in [0.15, 0.2) is 18.3 Å². The van der Waals surface area contributed by atoms with Gasteiger partial charge in [0.25, 0.3) is 0 Å². The van der Waals surface area contributed by atoms with Gasteiger partial charge in [-0.3, -0.25) is 0 Å². The van der Waals surface area contributed by atoms with Crippen LogP contribution >= 0.6 is 0 Å². The summed E-state index contributed by atoms with van der Waals surface area (Å²) in [4.78, 5) is 20.6. The number of likely N-dealkylation sites (tertiary alicyclic amines) is 1. The number of urea groups is 1. The zero-order valence-corrected chi connectivity index (χ0v) is 13.3. The average Bonchev–Trinajstić information content (AvgIpc) is 3.03. The minimum atomic E-state index is -0.100. The number of aryl methyl sites for hydroxylation is 1. The van der Waals surface area contributed by atoms with Crippen LogP contribution in [0.25, 0.3) is 5.65 Å². The van der Waals surface area contributed by atoms with Crippen molar-refractivity contribution in [3.05, 3.63) is 24.2 Å². The number of nitrogens with zero attached hydrogens (tertiary/aromatic N) is 5. The lowest BCUT2D eigenvalue weighted by Crippen LogP contribution is -2.41. The van der Waals surface area contributed by atoms with Gasteiger partial charge < -0.3 is 15.1 Å². The third kappa shape index (κ3) is 3.04. The van der Waals surface area contributed by atoms with Gasteiger partial charge in [0.1, 0.15) is 5.82 Å². The molecule has 0 bridgehead atoms. The Labute approximate surface area is 129 Å². The number of carbonyl (C=O) groups excluding carboxylic acids is 1. The van der Waals surface area contributed by atoms with Crippen molar-refractivity contribution in [2.75, 3.05) is 32.5 Å². The van der Waals surface area contributed by atoms with Gasteiger partial charge in [0, 0.05) is 19.6 Å². The molecule has 2 aromatic heterocycles. The molecular formula is C15H22N6O. The predicted molar refractivity (Wildman–Crippen MR) is 85.0 cm³/mol. The smallest absolute Gasteiger partial charge is 0.321 e. The maximum Gasteiger partial charge on any atom is 0.321 e. The minimum Gasteiger partial charge on any atom is -0.326 e. The molecule has 1 N–H and O–H groups in total. The van der Waals surface area contributed by atoms with Crippen LogP contribution in [0, 0.1) is 6.92 Å². The number of nitrogens with one attached hydrogen (secondary N) is 1. The molecule has 1 atom stereocenters. The third-order valence-electron chi connectivity index (χ3n) is 4.19. The van der Waals surface area contributed by atoms with Gasteiger partial charge in [-0.05, 0) is 45.5 Å². The fourth-order valence-corrected chi connectivity index (χ4v) is 2.90. The quantitative estimate of drug-likeness (QED) is 0.935. The molecule has 0 aliphatic carbocycles. The number of aromatic nitrogens is 3. The Bertz CT molecular complexity index is 682. The van der Waals surface area contributed by atoms with E-state index in [1.165, 1.54) is 6.42 Å². The topological polar surface area (TPSA) is 65.8 Å². The zero-order chi connectivity index (χ0) is 15.7. The number of anilines is 1. The molecule has 1 aliphatic rings. The van der Waals surface area contributed by atoms with E-state index < -0.39 is 0 Å². The number of hydrogen-bond acceptors (Lipinski definition) is 4. The number of amides is 2. The molecule has 1 aliphatic heterocycles. The molecule has 3 rings (SSSR count). The Kier molecular flexibility index (Phi) is 3.98. The second-order valence-corrected chi connectivity index (χ2v) is 5.97. The molecule has 1 fully saturated rings. The number of fused-ring (bicyclic) bond motifs is 1. The number of rotatable bonds is 3. The first-order chi connectivity index (χ1) is 10.5. The summed E-state index contributed by atoms with van der Waals surface area (Å²) in [5.74, 6) is 0.713. The van der Waals surface area contributed by atoms with E-state index in [9.17, 15) is 4.79 Å². The normalized spacial score (nSPS) is 18.8. The zero-order valence-electron chi connectivity index (χ0n) is 13.3. The molecule has 0 spiro atoms. The van der Waals surface area contributed by atoms with Crippen molar-refractivity contribution in [2.45, 2.75) is 25.8 Å². The van der Waals surface area contributed by atoms with Gasteiger partial charge in [-0.15, -0.1) is 0 Å². The van der Waals surface area contributed by atoms with Crippen LogP contribution < -0.4 is 5.32 Å². The lowest BCUT2D eigenvalue weighted by Gasteiger charge is -2.26. The summed E-state index contributed by atoms with van der Waals surface area (Å²) in [6.07, 6.45) is 4.14. The highest BCUT2D eigenvalue weighted by molar-refractivity contribution is 5.89. The summed E-state index contributed by atoms with van der Waals surface area (Å²) < 4.78 is 1.68. The molecule has 3 heterocycles. The van der Waals surface area contributed by atoms with E-state index in [2.05, 4.69) is 27.3 Å². The molecule has 2 amide bonds. The van der Waals surface area contributed by atoms with Gasteiger partial charge in [-0.25, -0.2) is 14.3 Å². The number of hydrogen-bond donors (Lipinski definition) is 1. The first kappa shape index (κ1) is 14.8. The molecule has 0 aromatic carbocycles. The van der Waals surface area contributed by atoms with Crippen molar-refractivity contribution in [1.29, 1.82) is 0 Å². The van der Waals surface area contributed by atoms with Gasteiger partial charge in [0.05, 0.1) is 11.9 Å². The number of pyridine rings is 1. The van der Waals surface area contributed by atoms with Gasteiger partial charge in [0.15, 0.2) is 5.65 Å². The van der Waals surface area contributed by atoms with Crippen molar-refractivity contribution in [1.82, 2.24) is 24.4 Å². The number of carbonyl (C=O) groups is 1. The summed E-state index contributed by atoms with van der Waals surface area (Å²) in [6.45, 7) is 3.70. The summed E-state index contributed by atoms with van der Waals surface area (Å²) >= 11 is 0. The van der Waals surface area contributed by atoms with Crippen molar-refractivity contribution < 1.29 is 4.79 Å². The Balaban J connectivity index is 1.64.